The van der Waals surface area contributed by atoms with E-state index in [9.17, 15) is 4.79 Å². The van der Waals surface area contributed by atoms with Crippen LogP contribution in [0.2, 0.25) is 0 Å². The van der Waals surface area contributed by atoms with Gasteiger partial charge >= 0.3 is 0 Å². The van der Waals surface area contributed by atoms with Crippen LogP contribution in [-0.4, -0.2) is 40.2 Å². The molecule has 0 spiro atoms. The summed E-state index contributed by atoms with van der Waals surface area (Å²) in [5.41, 5.74) is 2.54. The summed E-state index contributed by atoms with van der Waals surface area (Å²) in [5, 5.41) is 7.16. The fraction of sp³-hybridized carbons (Fsp3) is 0.692. The molecular formula is C13H21N3O2. The Labute approximate surface area is 108 Å². The van der Waals surface area contributed by atoms with Crippen molar-refractivity contribution in [3.8, 4) is 0 Å². The largest absolute Gasteiger partial charge is 0.369 e. The van der Waals surface area contributed by atoms with Gasteiger partial charge in [0.05, 0.1) is 17.9 Å². The molecule has 1 aliphatic heterocycles. The summed E-state index contributed by atoms with van der Waals surface area (Å²) in [4.78, 5) is 14.1. The maximum atomic E-state index is 12.4. The molecule has 18 heavy (non-hydrogen) atoms. The molecule has 0 bridgehead atoms. The second kappa shape index (κ2) is 5.10. The van der Waals surface area contributed by atoms with Crippen LogP contribution in [0.5, 0.6) is 0 Å². The van der Waals surface area contributed by atoms with Crippen molar-refractivity contribution < 1.29 is 9.53 Å². The van der Waals surface area contributed by atoms with Gasteiger partial charge in [0.2, 0.25) is 0 Å². The SMILES string of the molecule is CCN(CC)C(=O)c1n[nH]c2c1C[C@H](C)O[C@@H]2C. The molecule has 2 rings (SSSR count). The minimum atomic E-state index is -0.0190. The minimum absolute atomic E-state index is 0.0128. The summed E-state index contributed by atoms with van der Waals surface area (Å²) in [7, 11) is 0. The van der Waals surface area contributed by atoms with Crippen molar-refractivity contribution in [2.45, 2.75) is 46.3 Å². The molecule has 5 heteroatoms. The Balaban J connectivity index is 2.33. The average Bonchev–Trinajstić information content (AvgIpc) is 2.74. The van der Waals surface area contributed by atoms with E-state index in [4.69, 9.17) is 4.74 Å². The molecule has 0 saturated carbocycles. The highest BCUT2D eigenvalue weighted by Gasteiger charge is 2.30. The molecule has 1 N–H and O–H groups in total. The molecule has 0 saturated heterocycles. The monoisotopic (exact) mass is 251 g/mol. The van der Waals surface area contributed by atoms with E-state index in [0.717, 1.165) is 17.7 Å². The van der Waals surface area contributed by atoms with Gasteiger partial charge in [-0.05, 0) is 27.7 Å². The lowest BCUT2D eigenvalue weighted by Gasteiger charge is -2.26. The fourth-order valence-corrected chi connectivity index (χ4v) is 2.51. The van der Waals surface area contributed by atoms with E-state index in [0.29, 0.717) is 18.8 Å². The van der Waals surface area contributed by atoms with Crippen molar-refractivity contribution in [2.75, 3.05) is 13.1 Å². The highest BCUT2D eigenvalue weighted by atomic mass is 16.5. The third kappa shape index (κ3) is 2.14. The van der Waals surface area contributed by atoms with Gasteiger partial charge in [-0.2, -0.15) is 5.10 Å². The summed E-state index contributed by atoms with van der Waals surface area (Å²) in [5.74, 6) is 0.0128. The van der Waals surface area contributed by atoms with Gasteiger partial charge in [-0.15, -0.1) is 0 Å². The number of aromatic amines is 1. The lowest BCUT2D eigenvalue weighted by molar-refractivity contribution is -0.00701. The molecule has 0 radical (unpaired) electrons. The third-order valence-corrected chi connectivity index (χ3v) is 3.49. The van der Waals surface area contributed by atoms with E-state index >= 15 is 0 Å². The Morgan fingerprint density at radius 1 is 1.44 bits per heavy atom. The van der Waals surface area contributed by atoms with Crippen LogP contribution in [0.3, 0.4) is 0 Å². The molecule has 1 aliphatic rings. The second-order valence-electron chi connectivity index (χ2n) is 4.73. The highest BCUT2D eigenvalue weighted by molar-refractivity contribution is 5.94. The van der Waals surface area contributed by atoms with Crippen molar-refractivity contribution in [3.63, 3.8) is 0 Å². The lowest BCUT2D eigenvalue weighted by atomic mass is 9.99. The minimum Gasteiger partial charge on any atom is -0.369 e. The first-order valence-corrected chi connectivity index (χ1v) is 6.60. The van der Waals surface area contributed by atoms with Gasteiger partial charge in [-0.3, -0.25) is 9.89 Å². The van der Waals surface area contributed by atoms with E-state index in [1.807, 2.05) is 27.7 Å². The predicted molar refractivity (Wildman–Crippen MR) is 68.5 cm³/mol. The van der Waals surface area contributed by atoms with Gasteiger partial charge in [0.15, 0.2) is 5.69 Å². The van der Waals surface area contributed by atoms with Crippen molar-refractivity contribution in [1.82, 2.24) is 15.1 Å². The van der Waals surface area contributed by atoms with Crippen molar-refractivity contribution in [1.29, 1.82) is 0 Å². The number of rotatable bonds is 3. The standard InChI is InChI=1S/C13H21N3O2/c1-5-16(6-2)13(17)12-10-7-8(3)18-9(4)11(10)14-15-12/h8-9H,5-7H2,1-4H3,(H,14,15)/t8-,9+/m0/s1. The number of aromatic nitrogens is 2. The van der Waals surface area contributed by atoms with Gasteiger partial charge in [-0.1, -0.05) is 0 Å². The maximum Gasteiger partial charge on any atom is 0.274 e. The summed E-state index contributed by atoms with van der Waals surface area (Å²) < 4.78 is 5.72. The van der Waals surface area contributed by atoms with Crippen LogP contribution in [-0.2, 0) is 11.2 Å². The zero-order valence-corrected chi connectivity index (χ0v) is 11.5. The highest BCUT2D eigenvalue weighted by Crippen LogP contribution is 2.30. The number of hydrogen-bond donors (Lipinski definition) is 1. The van der Waals surface area contributed by atoms with Crippen LogP contribution in [0.25, 0.3) is 0 Å². The molecule has 2 heterocycles. The van der Waals surface area contributed by atoms with Gasteiger partial charge in [0.1, 0.15) is 0 Å². The molecule has 2 atom stereocenters. The van der Waals surface area contributed by atoms with Crippen molar-refractivity contribution in [2.24, 2.45) is 0 Å². The van der Waals surface area contributed by atoms with Crippen LogP contribution >= 0.6 is 0 Å². The Morgan fingerprint density at radius 3 is 2.72 bits per heavy atom. The quantitative estimate of drug-likeness (QED) is 0.892. The van der Waals surface area contributed by atoms with Crippen molar-refractivity contribution >= 4 is 5.91 Å². The van der Waals surface area contributed by atoms with E-state index < -0.39 is 0 Å². The van der Waals surface area contributed by atoms with Gasteiger partial charge in [-0.25, -0.2) is 0 Å². The lowest BCUT2D eigenvalue weighted by Crippen LogP contribution is -2.32. The molecule has 1 aromatic rings. The van der Waals surface area contributed by atoms with E-state index in [-0.39, 0.29) is 18.1 Å². The molecule has 1 aromatic heterocycles. The number of carbonyl (C=O) groups is 1. The summed E-state index contributed by atoms with van der Waals surface area (Å²) in [6, 6.07) is 0. The third-order valence-electron chi connectivity index (χ3n) is 3.49. The average molecular weight is 251 g/mol. The Morgan fingerprint density at radius 2 is 2.11 bits per heavy atom. The zero-order valence-electron chi connectivity index (χ0n) is 11.5. The van der Waals surface area contributed by atoms with Gasteiger partial charge in [0.25, 0.3) is 5.91 Å². The van der Waals surface area contributed by atoms with E-state index in [1.165, 1.54) is 0 Å². The van der Waals surface area contributed by atoms with Gasteiger partial charge in [0, 0.05) is 25.1 Å². The number of carbonyl (C=O) groups excluding carboxylic acids is 1. The predicted octanol–water partition coefficient (Wildman–Crippen LogP) is 1.91. The number of ether oxygens (including phenoxy) is 1. The number of nitrogens with zero attached hydrogens (tertiary/aromatic N) is 2. The fourth-order valence-electron chi connectivity index (χ4n) is 2.51. The number of nitrogens with one attached hydrogen (secondary N) is 1. The number of fused-ring (bicyclic) bond motifs is 1. The summed E-state index contributed by atoms with van der Waals surface area (Å²) in [6.45, 7) is 9.39. The maximum absolute atomic E-state index is 12.4. The zero-order chi connectivity index (χ0) is 13.3. The smallest absolute Gasteiger partial charge is 0.274 e. The number of hydrogen-bond acceptors (Lipinski definition) is 3. The molecular weight excluding hydrogens is 230 g/mol. The van der Waals surface area contributed by atoms with Crippen molar-refractivity contribution in [3.05, 3.63) is 17.0 Å². The topological polar surface area (TPSA) is 58.2 Å². The second-order valence-corrected chi connectivity index (χ2v) is 4.73. The van der Waals surface area contributed by atoms with Crippen LogP contribution in [0, 0.1) is 0 Å². The molecule has 0 fully saturated rings. The van der Waals surface area contributed by atoms with E-state index in [2.05, 4.69) is 10.2 Å². The van der Waals surface area contributed by atoms with Crippen LogP contribution in [0.1, 0.15) is 55.5 Å². The molecule has 100 valence electrons. The van der Waals surface area contributed by atoms with Crippen LogP contribution in [0.15, 0.2) is 0 Å². The number of amides is 1. The molecule has 0 aliphatic carbocycles. The molecule has 0 aromatic carbocycles. The van der Waals surface area contributed by atoms with Crippen LogP contribution in [0.4, 0.5) is 0 Å². The molecule has 0 unspecified atom stereocenters. The summed E-state index contributed by atoms with van der Waals surface area (Å²) in [6.07, 6.45) is 0.862. The molecule has 5 nitrogen and oxygen atoms in total. The first-order valence-electron chi connectivity index (χ1n) is 6.60. The normalized spacial score (nSPS) is 22.7. The van der Waals surface area contributed by atoms with Gasteiger partial charge < -0.3 is 9.64 Å². The van der Waals surface area contributed by atoms with Crippen LogP contribution < -0.4 is 0 Å². The van der Waals surface area contributed by atoms with E-state index in [1.54, 1.807) is 4.90 Å². The summed E-state index contributed by atoms with van der Waals surface area (Å²) >= 11 is 0. The Hall–Kier alpha value is -1.36. The molecule has 1 amide bonds. The number of H-pyrrole nitrogens is 1. The first kappa shape index (κ1) is 13.1. The Kier molecular flexibility index (Phi) is 3.71. The Bertz CT molecular complexity index is 437. The first-order chi connectivity index (χ1) is 8.58.